The van der Waals surface area contributed by atoms with Crippen molar-refractivity contribution in [3.8, 4) is 0 Å². The molecule has 71 heavy (non-hydrogen) atoms. The molecule has 0 aliphatic carbocycles. The van der Waals surface area contributed by atoms with Crippen molar-refractivity contribution in [2.75, 3.05) is 39.8 Å². The number of aliphatic hydroxyl groups is 1. The van der Waals surface area contributed by atoms with E-state index in [1.807, 2.05) is 4.90 Å². The predicted octanol–water partition coefficient (Wildman–Crippen LogP) is -3.57. The first-order valence-corrected chi connectivity index (χ1v) is 24.9. The first-order valence-electron chi connectivity index (χ1n) is 24.9. The molecule has 2 aliphatic rings. The number of aliphatic imine (C=N–C) groups is 1. The third-order valence-electron chi connectivity index (χ3n) is 12.9. The van der Waals surface area contributed by atoms with Crippen molar-refractivity contribution in [2.24, 2.45) is 34.0 Å². The van der Waals surface area contributed by atoms with E-state index in [9.17, 15) is 53.1 Å². The van der Waals surface area contributed by atoms with Gasteiger partial charge in [-0.05, 0) is 84.2 Å². The lowest BCUT2D eigenvalue weighted by Gasteiger charge is -2.32. The predicted molar refractivity (Wildman–Crippen MR) is 263 cm³/mol. The third kappa shape index (κ3) is 19.5. The number of likely N-dealkylation sites (tertiary alicyclic amines) is 2. The Morgan fingerprint density at radius 3 is 1.68 bits per heavy atom. The van der Waals surface area contributed by atoms with Crippen LogP contribution in [0.1, 0.15) is 119 Å². The standard InChI is InChI=1S/C46H82N14O11/c1-9-16-28(38(64)56-35(25(5)10-2)42(68)55-29(17-13-20-51-46(48)49)45(71)60-22-15-19-32(60)41(67)50-12-4)54-44(70)37(27(7)61)58-43(69)36(26(6)11-3)57-39(65)30(23-33(47)62)53-34(63)24-52-40(66)31-18-14-21-59(31)8/h25-32,35-37,61H,9-24H2,1-8H3,(H2,47,62)(H,50,67)(H,52,66)(H,53,63)(H,54,70)(H,55,68)(H,56,64)(H,57,65)(H,58,69)(H4,48,49,51)/t25-,26-,27+,28-,29-,30-,31-,32-,35-,36+,37-/m0/s1. The molecule has 0 aromatic heterocycles. The summed E-state index contributed by atoms with van der Waals surface area (Å²) in [6.45, 7) is 12.7. The molecule has 0 radical (unpaired) electrons. The number of nitrogens with zero attached hydrogens (tertiary/aromatic N) is 3. The summed E-state index contributed by atoms with van der Waals surface area (Å²) >= 11 is 0. The molecule has 0 aromatic carbocycles. The van der Waals surface area contributed by atoms with E-state index < -0.39 is 126 Å². The van der Waals surface area contributed by atoms with Gasteiger partial charge in [-0.2, -0.15) is 0 Å². The number of hydrogen-bond acceptors (Lipinski definition) is 13. The minimum atomic E-state index is -1.67. The maximum Gasteiger partial charge on any atom is 0.245 e. The van der Waals surface area contributed by atoms with Gasteiger partial charge in [0.2, 0.25) is 59.1 Å². The zero-order chi connectivity index (χ0) is 53.5. The number of carbonyl (C=O) groups excluding carboxylic acids is 10. The van der Waals surface area contributed by atoms with E-state index in [1.165, 1.54) is 11.8 Å². The molecule has 0 spiro atoms. The summed E-state index contributed by atoms with van der Waals surface area (Å²) in [6.07, 6.45) is 1.82. The third-order valence-corrected chi connectivity index (χ3v) is 12.9. The number of primary amides is 1. The second-order valence-electron chi connectivity index (χ2n) is 18.6. The van der Waals surface area contributed by atoms with Crippen LogP contribution in [0.4, 0.5) is 0 Å². The lowest BCUT2D eigenvalue weighted by atomic mass is 9.96. The van der Waals surface area contributed by atoms with Crippen molar-refractivity contribution in [2.45, 2.75) is 174 Å². The molecule has 2 rings (SSSR count). The molecule has 2 fully saturated rings. The Bertz CT molecular complexity index is 1880. The molecule has 2 heterocycles. The number of guanidine groups is 1. The van der Waals surface area contributed by atoms with Crippen LogP contribution in [0, 0.1) is 11.8 Å². The highest BCUT2D eigenvalue weighted by atomic mass is 16.3. The molecule has 15 N–H and O–H groups in total. The summed E-state index contributed by atoms with van der Waals surface area (Å²) in [5, 5.41) is 31.6. The summed E-state index contributed by atoms with van der Waals surface area (Å²) in [5.41, 5.74) is 16.4. The quantitative estimate of drug-likeness (QED) is 0.0188. The number of carbonyl (C=O) groups is 10. The average Bonchev–Trinajstić information content (AvgIpc) is 4.00. The minimum absolute atomic E-state index is 0.0643. The van der Waals surface area contributed by atoms with Crippen LogP contribution in [0.3, 0.4) is 0 Å². The number of amides is 10. The van der Waals surface area contributed by atoms with E-state index in [-0.39, 0.29) is 37.2 Å². The van der Waals surface area contributed by atoms with Crippen molar-refractivity contribution in [3.63, 3.8) is 0 Å². The van der Waals surface area contributed by atoms with Crippen LogP contribution in [0.25, 0.3) is 0 Å². The van der Waals surface area contributed by atoms with Crippen molar-refractivity contribution in [1.29, 1.82) is 0 Å². The molecule has 11 atom stereocenters. The van der Waals surface area contributed by atoms with Crippen LogP contribution < -0.4 is 59.7 Å². The van der Waals surface area contributed by atoms with Gasteiger partial charge in [0.25, 0.3) is 0 Å². The lowest BCUT2D eigenvalue weighted by molar-refractivity contribution is -0.142. The molecule has 0 bridgehead atoms. The van der Waals surface area contributed by atoms with E-state index in [2.05, 4.69) is 47.5 Å². The monoisotopic (exact) mass is 1010 g/mol. The van der Waals surface area contributed by atoms with Gasteiger partial charge in [0.1, 0.15) is 42.3 Å². The maximum atomic E-state index is 14.2. The Labute approximate surface area is 416 Å². The molecule has 0 unspecified atom stereocenters. The largest absolute Gasteiger partial charge is 0.391 e. The molecule has 402 valence electrons. The van der Waals surface area contributed by atoms with E-state index in [0.717, 1.165) is 13.0 Å². The van der Waals surface area contributed by atoms with Gasteiger partial charge in [0.15, 0.2) is 5.96 Å². The summed E-state index contributed by atoms with van der Waals surface area (Å²) in [5.74, 6) is -8.43. The highest BCUT2D eigenvalue weighted by Gasteiger charge is 2.40. The second-order valence-corrected chi connectivity index (χ2v) is 18.6. The van der Waals surface area contributed by atoms with Gasteiger partial charge < -0.3 is 69.7 Å². The zero-order valence-corrected chi connectivity index (χ0v) is 42.8. The lowest BCUT2D eigenvalue weighted by Crippen LogP contribution is -2.63. The molecular formula is C46H82N14O11. The Morgan fingerprint density at radius 1 is 0.634 bits per heavy atom. The smallest absolute Gasteiger partial charge is 0.245 e. The fourth-order valence-corrected chi connectivity index (χ4v) is 8.38. The molecule has 25 nitrogen and oxygen atoms in total. The van der Waals surface area contributed by atoms with E-state index in [0.29, 0.717) is 58.0 Å². The normalized spacial score (nSPS) is 19.4. The van der Waals surface area contributed by atoms with Crippen molar-refractivity contribution >= 4 is 65.0 Å². The Morgan fingerprint density at radius 2 is 1.15 bits per heavy atom. The van der Waals surface area contributed by atoms with E-state index in [4.69, 9.17) is 17.2 Å². The number of hydrogen-bond donors (Lipinski definition) is 12. The van der Waals surface area contributed by atoms with Gasteiger partial charge in [0, 0.05) is 19.6 Å². The molecular weight excluding hydrogens is 925 g/mol. The zero-order valence-electron chi connectivity index (χ0n) is 42.8. The van der Waals surface area contributed by atoms with Crippen molar-refractivity contribution in [1.82, 2.24) is 52.3 Å². The van der Waals surface area contributed by atoms with Crippen LogP contribution >= 0.6 is 0 Å². The van der Waals surface area contributed by atoms with Gasteiger partial charge in [-0.1, -0.05) is 53.9 Å². The Kier molecular flexibility index (Phi) is 26.3. The summed E-state index contributed by atoms with van der Waals surface area (Å²) in [6, 6.07) is -9.34. The average molecular weight is 1010 g/mol. The SMILES string of the molecule is CCC[C@H](NC(=O)[C@@H](NC(=O)[C@H](NC(=O)[C@H](CC(N)=O)NC(=O)CNC(=O)[C@@H]1CCCN1C)[C@@H](C)CC)[C@@H](C)O)C(=O)N[C@H](C(=O)N[C@@H](CCCN=C(N)N)C(=O)N1CCC[C@H]1C(=O)NCC)[C@@H](C)CC. The minimum Gasteiger partial charge on any atom is -0.391 e. The second kappa shape index (κ2) is 30.6. The van der Waals surface area contributed by atoms with Crippen LogP contribution in [0.5, 0.6) is 0 Å². The van der Waals surface area contributed by atoms with Crippen molar-refractivity contribution in [3.05, 3.63) is 0 Å². The molecule has 0 saturated carbocycles. The number of likely N-dealkylation sites (N-methyl/N-ethyl adjacent to an activating group) is 2. The molecule has 25 heteroatoms. The van der Waals surface area contributed by atoms with Crippen LogP contribution in [0.2, 0.25) is 0 Å². The van der Waals surface area contributed by atoms with Crippen LogP contribution in [0.15, 0.2) is 4.99 Å². The number of nitrogens with two attached hydrogens (primary N) is 3. The number of rotatable bonds is 30. The van der Waals surface area contributed by atoms with Gasteiger partial charge in [-0.3, -0.25) is 57.8 Å². The van der Waals surface area contributed by atoms with Crippen molar-refractivity contribution < 1.29 is 53.1 Å². The van der Waals surface area contributed by atoms with Crippen LogP contribution in [-0.2, 0) is 47.9 Å². The van der Waals surface area contributed by atoms with Gasteiger partial charge in [0.05, 0.1) is 25.1 Å². The fourth-order valence-electron chi connectivity index (χ4n) is 8.38. The van der Waals surface area contributed by atoms with Gasteiger partial charge in [-0.25, -0.2) is 0 Å². The maximum absolute atomic E-state index is 14.2. The molecule has 2 saturated heterocycles. The number of nitrogens with one attached hydrogen (secondary N) is 8. The first-order chi connectivity index (χ1) is 33.5. The van der Waals surface area contributed by atoms with Gasteiger partial charge in [-0.15, -0.1) is 0 Å². The van der Waals surface area contributed by atoms with E-state index in [1.54, 1.807) is 48.6 Å². The number of aliphatic hydroxyl groups excluding tert-OH is 1. The molecule has 10 amide bonds. The highest BCUT2D eigenvalue weighted by Crippen LogP contribution is 2.21. The first kappa shape index (κ1) is 61.0. The fraction of sp³-hybridized carbons (Fsp3) is 0.761. The topological polar surface area (TPSA) is 384 Å². The summed E-state index contributed by atoms with van der Waals surface area (Å²) in [7, 11) is 1.79. The highest BCUT2D eigenvalue weighted by molar-refractivity contribution is 5.99. The Balaban J connectivity index is 2.28. The van der Waals surface area contributed by atoms with Crippen LogP contribution in [-0.4, -0.2) is 174 Å². The molecule has 2 aliphatic heterocycles. The summed E-state index contributed by atoms with van der Waals surface area (Å²) < 4.78 is 0. The summed E-state index contributed by atoms with van der Waals surface area (Å²) in [4.78, 5) is 141. The van der Waals surface area contributed by atoms with Gasteiger partial charge >= 0.3 is 0 Å². The Hall–Kier alpha value is -6.11. The molecule has 0 aromatic rings. The van der Waals surface area contributed by atoms with E-state index >= 15 is 0 Å².